The Bertz CT molecular complexity index is 502. The van der Waals surface area contributed by atoms with Crippen LogP contribution >= 0.6 is 0 Å². The summed E-state index contributed by atoms with van der Waals surface area (Å²) in [5, 5.41) is 3.14. The molecule has 2 fully saturated rings. The van der Waals surface area contributed by atoms with E-state index in [0.717, 1.165) is 37.5 Å². The van der Waals surface area contributed by atoms with Crippen molar-refractivity contribution in [2.75, 3.05) is 18.8 Å². The number of nitrogens with one attached hydrogen (secondary N) is 1. The number of hydrogen-bond acceptors (Lipinski definition) is 3. The van der Waals surface area contributed by atoms with Crippen LogP contribution in [-0.2, 0) is 0 Å². The molecule has 1 aromatic rings. The van der Waals surface area contributed by atoms with Crippen LogP contribution in [0, 0.1) is 6.92 Å². The van der Waals surface area contributed by atoms with Crippen molar-refractivity contribution in [3.05, 3.63) is 29.3 Å². The molecule has 1 aliphatic heterocycles. The van der Waals surface area contributed by atoms with Gasteiger partial charge in [0.2, 0.25) is 0 Å². The molecule has 4 heteroatoms. The topological polar surface area (TPSA) is 58.4 Å². The Morgan fingerprint density at radius 2 is 1.95 bits per heavy atom. The second-order valence-electron chi connectivity index (χ2n) is 6.11. The van der Waals surface area contributed by atoms with Crippen molar-refractivity contribution in [1.82, 2.24) is 10.2 Å². The van der Waals surface area contributed by atoms with E-state index in [0.29, 0.717) is 11.3 Å². The second-order valence-corrected chi connectivity index (χ2v) is 6.11. The summed E-state index contributed by atoms with van der Waals surface area (Å²) in [4.78, 5) is 14.9. The highest BCUT2D eigenvalue weighted by Crippen LogP contribution is 2.29. The molecular formula is C16H23N3O. The van der Waals surface area contributed by atoms with Crippen molar-refractivity contribution in [1.29, 1.82) is 0 Å². The average molecular weight is 273 g/mol. The van der Waals surface area contributed by atoms with Crippen LogP contribution in [-0.4, -0.2) is 36.0 Å². The fourth-order valence-electron chi connectivity index (χ4n) is 2.98. The molecule has 0 atom stereocenters. The molecule has 1 saturated carbocycles. The van der Waals surface area contributed by atoms with Gasteiger partial charge >= 0.3 is 0 Å². The number of anilines is 1. The van der Waals surface area contributed by atoms with Gasteiger partial charge in [0.25, 0.3) is 5.91 Å². The third-order valence-corrected chi connectivity index (χ3v) is 4.38. The summed E-state index contributed by atoms with van der Waals surface area (Å²) >= 11 is 0. The zero-order chi connectivity index (χ0) is 14.1. The van der Waals surface area contributed by atoms with E-state index in [2.05, 4.69) is 10.2 Å². The van der Waals surface area contributed by atoms with E-state index < -0.39 is 0 Å². The van der Waals surface area contributed by atoms with Gasteiger partial charge in [0.05, 0.1) is 5.56 Å². The number of rotatable bonds is 3. The number of likely N-dealkylation sites (tertiary alicyclic amines) is 1. The first-order valence-electron chi connectivity index (χ1n) is 7.54. The highest BCUT2D eigenvalue weighted by molar-refractivity contribution is 5.99. The summed E-state index contributed by atoms with van der Waals surface area (Å²) in [6, 6.07) is 6.72. The predicted molar refractivity (Wildman–Crippen MR) is 80.7 cm³/mol. The lowest BCUT2D eigenvalue weighted by Gasteiger charge is -2.32. The maximum absolute atomic E-state index is 12.3. The van der Waals surface area contributed by atoms with Crippen LogP contribution in [0.4, 0.5) is 5.69 Å². The number of benzene rings is 1. The van der Waals surface area contributed by atoms with Gasteiger partial charge in [-0.3, -0.25) is 4.79 Å². The first-order valence-corrected chi connectivity index (χ1v) is 7.54. The predicted octanol–water partition coefficient (Wildman–Crippen LogP) is 1.93. The van der Waals surface area contributed by atoms with Crippen molar-refractivity contribution >= 4 is 11.6 Å². The van der Waals surface area contributed by atoms with Gasteiger partial charge in [0.15, 0.2) is 0 Å². The van der Waals surface area contributed by atoms with Crippen LogP contribution in [0.2, 0.25) is 0 Å². The van der Waals surface area contributed by atoms with Crippen LogP contribution in [0.1, 0.15) is 41.6 Å². The molecule has 0 unspecified atom stereocenters. The minimum absolute atomic E-state index is 0.0314. The Labute approximate surface area is 120 Å². The Kier molecular flexibility index (Phi) is 3.66. The zero-order valence-corrected chi connectivity index (χ0v) is 12.1. The van der Waals surface area contributed by atoms with Gasteiger partial charge in [-0.2, -0.15) is 0 Å². The number of carbonyl (C=O) groups is 1. The van der Waals surface area contributed by atoms with Gasteiger partial charge in [0, 0.05) is 30.9 Å². The van der Waals surface area contributed by atoms with E-state index >= 15 is 0 Å². The number of nitrogens with zero attached hydrogens (tertiary/aromatic N) is 1. The number of nitrogen functional groups attached to an aromatic ring is 1. The Balaban J connectivity index is 1.57. The first-order chi connectivity index (χ1) is 9.63. The zero-order valence-electron chi connectivity index (χ0n) is 12.1. The van der Waals surface area contributed by atoms with Crippen LogP contribution in [0.3, 0.4) is 0 Å². The lowest BCUT2D eigenvalue weighted by Crippen LogP contribution is -2.45. The average Bonchev–Trinajstić information content (AvgIpc) is 3.27. The molecule has 4 nitrogen and oxygen atoms in total. The summed E-state index contributed by atoms with van der Waals surface area (Å²) in [5.41, 5.74) is 8.12. The Morgan fingerprint density at radius 3 is 2.60 bits per heavy atom. The maximum atomic E-state index is 12.3. The largest absolute Gasteiger partial charge is 0.398 e. The van der Waals surface area contributed by atoms with Crippen LogP contribution in [0.15, 0.2) is 18.2 Å². The van der Waals surface area contributed by atoms with Gasteiger partial charge in [-0.15, -0.1) is 0 Å². The van der Waals surface area contributed by atoms with Crippen LogP contribution < -0.4 is 11.1 Å². The molecule has 0 spiro atoms. The molecule has 3 rings (SSSR count). The lowest BCUT2D eigenvalue weighted by molar-refractivity contribution is 0.0910. The highest BCUT2D eigenvalue weighted by Gasteiger charge is 2.32. The molecule has 1 amide bonds. The van der Waals surface area contributed by atoms with Crippen molar-refractivity contribution in [3.8, 4) is 0 Å². The number of aryl methyl sites for hydroxylation is 1. The molecule has 2 aliphatic rings. The van der Waals surface area contributed by atoms with E-state index in [9.17, 15) is 4.79 Å². The summed E-state index contributed by atoms with van der Waals surface area (Å²) in [5.74, 6) is -0.0314. The highest BCUT2D eigenvalue weighted by atomic mass is 16.1. The lowest BCUT2D eigenvalue weighted by atomic mass is 10.0. The minimum atomic E-state index is -0.0314. The molecule has 3 N–H and O–H groups in total. The third-order valence-electron chi connectivity index (χ3n) is 4.38. The molecule has 1 heterocycles. The molecule has 1 aliphatic carbocycles. The molecule has 0 radical (unpaired) electrons. The SMILES string of the molecule is Cc1ccc(N)c(C(=O)NC2CCN(C3CC3)CC2)c1. The molecule has 0 bridgehead atoms. The Morgan fingerprint density at radius 1 is 1.25 bits per heavy atom. The van der Waals surface area contributed by atoms with Crippen LogP contribution in [0.25, 0.3) is 0 Å². The summed E-state index contributed by atoms with van der Waals surface area (Å²) < 4.78 is 0. The second kappa shape index (κ2) is 5.44. The fraction of sp³-hybridized carbons (Fsp3) is 0.562. The normalized spacial score (nSPS) is 20.9. The van der Waals surface area contributed by atoms with Gasteiger partial charge in [-0.05, 0) is 44.7 Å². The molecular weight excluding hydrogens is 250 g/mol. The van der Waals surface area contributed by atoms with E-state index in [-0.39, 0.29) is 11.9 Å². The Hall–Kier alpha value is -1.55. The third kappa shape index (κ3) is 2.96. The van der Waals surface area contributed by atoms with E-state index in [1.807, 2.05) is 19.1 Å². The monoisotopic (exact) mass is 273 g/mol. The summed E-state index contributed by atoms with van der Waals surface area (Å²) in [7, 11) is 0. The minimum Gasteiger partial charge on any atom is -0.398 e. The quantitative estimate of drug-likeness (QED) is 0.827. The van der Waals surface area contributed by atoms with Crippen molar-refractivity contribution in [3.63, 3.8) is 0 Å². The van der Waals surface area contributed by atoms with E-state index in [4.69, 9.17) is 5.73 Å². The van der Waals surface area contributed by atoms with Crippen molar-refractivity contribution < 1.29 is 4.79 Å². The smallest absolute Gasteiger partial charge is 0.253 e. The molecule has 108 valence electrons. The number of hydrogen-bond donors (Lipinski definition) is 2. The number of amides is 1. The molecule has 20 heavy (non-hydrogen) atoms. The van der Waals surface area contributed by atoms with E-state index in [1.54, 1.807) is 6.07 Å². The summed E-state index contributed by atoms with van der Waals surface area (Å²) in [6.45, 7) is 4.20. The van der Waals surface area contributed by atoms with Gasteiger partial charge < -0.3 is 16.0 Å². The van der Waals surface area contributed by atoms with Crippen LogP contribution in [0.5, 0.6) is 0 Å². The molecule has 1 aromatic carbocycles. The number of carbonyl (C=O) groups excluding carboxylic acids is 1. The summed E-state index contributed by atoms with van der Waals surface area (Å²) in [6.07, 6.45) is 4.82. The van der Waals surface area contributed by atoms with Gasteiger partial charge in [-0.25, -0.2) is 0 Å². The molecule has 0 aromatic heterocycles. The number of nitrogens with two attached hydrogens (primary N) is 1. The number of piperidine rings is 1. The fourth-order valence-corrected chi connectivity index (χ4v) is 2.98. The van der Waals surface area contributed by atoms with E-state index in [1.165, 1.54) is 12.8 Å². The van der Waals surface area contributed by atoms with Gasteiger partial charge in [-0.1, -0.05) is 11.6 Å². The first kappa shape index (κ1) is 13.4. The molecule has 1 saturated heterocycles. The standard InChI is InChI=1S/C16H23N3O/c1-11-2-5-15(17)14(10-11)16(20)18-12-6-8-19(9-7-12)13-3-4-13/h2,5,10,12-13H,3-4,6-9,17H2,1H3,(H,18,20). The van der Waals surface area contributed by atoms with Gasteiger partial charge in [0.1, 0.15) is 0 Å². The maximum Gasteiger partial charge on any atom is 0.253 e. The van der Waals surface area contributed by atoms with Crippen molar-refractivity contribution in [2.24, 2.45) is 0 Å². The van der Waals surface area contributed by atoms with Crippen molar-refractivity contribution in [2.45, 2.75) is 44.7 Å².